The minimum absolute atomic E-state index is 0.0524. The quantitative estimate of drug-likeness (QED) is 0.251. The van der Waals surface area contributed by atoms with Crippen LogP contribution in [0.25, 0.3) is 21.3 Å². The molecular formula is C23H18F3N3O2S2. The van der Waals surface area contributed by atoms with Crippen LogP contribution in [0.1, 0.15) is 18.9 Å². The van der Waals surface area contributed by atoms with E-state index in [1.54, 1.807) is 6.92 Å². The van der Waals surface area contributed by atoms with E-state index in [0.717, 1.165) is 35.0 Å². The van der Waals surface area contributed by atoms with E-state index >= 15 is 0 Å². The number of fused-ring (bicyclic) bond motifs is 1. The maximum Gasteiger partial charge on any atom is 0.416 e. The van der Waals surface area contributed by atoms with Crippen LogP contribution in [-0.4, -0.2) is 21.1 Å². The van der Waals surface area contributed by atoms with E-state index in [1.165, 1.54) is 23.5 Å². The summed E-state index contributed by atoms with van der Waals surface area (Å²) in [7, 11) is 0. The van der Waals surface area contributed by atoms with Gasteiger partial charge in [-0.3, -0.25) is 9.59 Å². The molecule has 2 aromatic carbocycles. The summed E-state index contributed by atoms with van der Waals surface area (Å²) in [5.74, 6) is -0.472. The maximum absolute atomic E-state index is 12.9. The Morgan fingerprint density at radius 3 is 2.64 bits per heavy atom. The zero-order valence-electron chi connectivity index (χ0n) is 17.3. The van der Waals surface area contributed by atoms with Gasteiger partial charge in [0.15, 0.2) is 5.16 Å². The van der Waals surface area contributed by atoms with Gasteiger partial charge in [0.1, 0.15) is 4.83 Å². The van der Waals surface area contributed by atoms with Crippen LogP contribution >= 0.6 is 23.1 Å². The molecule has 0 spiro atoms. The highest BCUT2D eigenvalue weighted by Crippen LogP contribution is 2.33. The van der Waals surface area contributed by atoms with Crippen molar-refractivity contribution in [2.24, 2.45) is 0 Å². The molecule has 5 nitrogen and oxygen atoms in total. The van der Waals surface area contributed by atoms with E-state index in [4.69, 9.17) is 0 Å². The van der Waals surface area contributed by atoms with Crippen molar-refractivity contribution in [3.8, 4) is 11.1 Å². The Morgan fingerprint density at radius 1 is 1.18 bits per heavy atom. The molecule has 33 heavy (non-hydrogen) atoms. The second-order valence-electron chi connectivity index (χ2n) is 7.15. The SMILES string of the molecule is CCC(Sc1nc2scc(-c3ccccc3)c2c(=O)[nH]1)C(=O)Nc1cccc(C(F)(F)F)c1. The first-order valence-electron chi connectivity index (χ1n) is 9.98. The molecule has 1 amide bonds. The van der Waals surface area contributed by atoms with Crippen LogP contribution in [0.4, 0.5) is 18.9 Å². The van der Waals surface area contributed by atoms with Gasteiger partial charge in [-0.1, -0.05) is 55.1 Å². The van der Waals surface area contributed by atoms with E-state index in [1.807, 2.05) is 35.7 Å². The summed E-state index contributed by atoms with van der Waals surface area (Å²) in [5, 5.41) is 4.50. The fraction of sp³-hybridized carbons (Fsp3) is 0.174. The van der Waals surface area contributed by atoms with Gasteiger partial charge < -0.3 is 10.3 Å². The minimum atomic E-state index is -4.50. The van der Waals surface area contributed by atoms with Gasteiger partial charge in [-0.05, 0) is 30.2 Å². The Balaban J connectivity index is 1.55. The van der Waals surface area contributed by atoms with E-state index in [0.29, 0.717) is 16.6 Å². The molecule has 0 radical (unpaired) electrons. The molecule has 170 valence electrons. The lowest BCUT2D eigenvalue weighted by molar-refractivity contribution is -0.137. The number of aromatic amines is 1. The number of amides is 1. The Hall–Kier alpha value is -3.11. The van der Waals surface area contributed by atoms with Crippen molar-refractivity contribution in [1.82, 2.24) is 9.97 Å². The zero-order chi connectivity index (χ0) is 23.6. The van der Waals surface area contributed by atoms with Crippen molar-refractivity contribution in [2.45, 2.75) is 29.9 Å². The molecule has 1 unspecified atom stereocenters. The lowest BCUT2D eigenvalue weighted by Crippen LogP contribution is -2.25. The number of carbonyl (C=O) groups is 1. The monoisotopic (exact) mass is 489 g/mol. The largest absolute Gasteiger partial charge is 0.416 e. The predicted octanol–water partition coefficient (Wildman–Crippen LogP) is 6.18. The lowest BCUT2D eigenvalue weighted by Gasteiger charge is -2.15. The number of anilines is 1. The number of carbonyl (C=O) groups excluding carboxylic acids is 1. The number of hydrogen-bond acceptors (Lipinski definition) is 5. The van der Waals surface area contributed by atoms with Gasteiger partial charge in [0.05, 0.1) is 16.2 Å². The predicted molar refractivity (Wildman–Crippen MR) is 126 cm³/mol. The average Bonchev–Trinajstić information content (AvgIpc) is 3.22. The third-order valence-electron chi connectivity index (χ3n) is 4.88. The number of H-pyrrole nitrogens is 1. The normalized spacial score (nSPS) is 12.6. The van der Waals surface area contributed by atoms with Crippen LogP contribution in [-0.2, 0) is 11.0 Å². The number of halogens is 3. The van der Waals surface area contributed by atoms with Gasteiger partial charge in [-0.15, -0.1) is 11.3 Å². The summed E-state index contributed by atoms with van der Waals surface area (Å²) < 4.78 is 38.8. The maximum atomic E-state index is 12.9. The van der Waals surface area contributed by atoms with Gasteiger partial charge in [0.2, 0.25) is 5.91 Å². The number of nitrogens with one attached hydrogen (secondary N) is 2. The number of thioether (sulfide) groups is 1. The summed E-state index contributed by atoms with van der Waals surface area (Å²) >= 11 is 2.40. The smallest absolute Gasteiger partial charge is 0.325 e. The summed E-state index contributed by atoms with van der Waals surface area (Å²) in [6.07, 6.45) is -4.12. The highest BCUT2D eigenvalue weighted by Gasteiger charge is 2.30. The molecule has 2 heterocycles. The van der Waals surface area contributed by atoms with Crippen molar-refractivity contribution < 1.29 is 18.0 Å². The second-order valence-corrected chi connectivity index (χ2v) is 9.20. The van der Waals surface area contributed by atoms with Crippen LogP contribution < -0.4 is 10.9 Å². The lowest BCUT2D eigenvalue weighted by atomic mass is 10.1. The summed E-state index contributed by atoms with van der Waals surface area (Å²) in [4.78, 5) is 33.3. The third-order valence-corrected chi connectivity index (χ3v) is 7.00. The number of nitrogens with zero attached hydrogens (tertiary/aromatic N) is 1. The number of alkyl halides is 3. The molecule has 4 rings (SSSR count). The Labute approximate surface area is 195 Å². The van der Waals surface area contributed by atoms with Gasteiger partial charge in [-0.2, -0.15) is 13.2 Å². The Bertz CT molecular complexity index is 1350. The molecule has 0 saturated heterocycles. The average molecular weight is 490 g/mol. The van der Waals surface area contributed by atoms with Crippen LogP contribution in [0.3, 0.4) is 0 Å². The third kappa shape index (κ3) is 5.12. The van der Waals surface area contributed by atoms with Gasteiger partial charge in [-0.25, -0.2) is 4.98 Å². The molecule has 0 bridgehead atoms. The number of aromatic nitrogens is 2. The van der Waals surface area contributed by atoms with Crippen LogP contribution in [0.2, 0.25) is 0 Å². The van der Waals surface area contributed by atoms with E-state index in [2.05, 4.69) is 15.3 Å². The molecule has 2 aromatic heterocycles. The van der Waals surface area contributed by atoms with Gasteiger partial charge >= 0.3 is 6.18 Å². The number of thiophene rings is 1. The van der Waals surface area contributed by atoms with Crippen molar-refractivity contribution in [2.75, 3.05) is 5.32 Å². The van der Waals surface area contributed by atoms with Crippen LogP contribution in [0.15, 0.2) is 69.9 Å². The summed E-state index contributed by atoms with van der Waals surface area (Å²) in [6.45, 7) is 1.78. The first-order chi connectivity index (χ1) is 15.8. The number of rotatable bonds is 6. The molecule has 0 aliphatic carbocycles. The molecule has 4 aromatic rings. The molecular weight excluding hydrogens is 471 g/mol. The highest BCUT2D eigenvalue weighted by molar-refractivity contribution is 8.00. The number of hydrogen-bond donors (Lipinski definition) is 2. The molecule has 10 heteroatoms. The van der Waals surface area contributed by atoms with Crippen molar-refractivity contribution in [1.29, 1.82) is 0 Å². The molecule has 0 fully saturated rings. The minimum Gasteiger partial charge on any atom is -0.325 e. The fourth-order valence-electron chi connectivity index (χ4n) is 3.27. The molecule has 0 aliphatic heterocycles. The van der Waals surface area contributed by atoms with E-state index < -0.39 is 22.9 Å². The van der Waals surface area contributed by atoms with Crippen LogP contribution in [0.5, 0.6) is 0 Å². The Kier molecular flexibility index (Phi) is 6.57. The topological polar surface area (TPSA) is 74.8 Å². The van der Waals surface area contributed by atoms with Crippen molar-refractivity contribution in [3.05, 3.63) is 75.9 Å². The summed E-state index contributed by atoms with van der Waals surface area (Å²) in [6, 6.07) is 14.0. The van der Waals surface area contributed by atoms with Crippen molar-refractivity contribution in [3.63, 3.8) is 0 Å². The van der Waals surface area contributed by atoms with E-state index in [-0.39, 0.29) is 16.4 Å². The van der Waals surface area contributed by atoms with Crippen LogP contribution in [0, 0.1) is 0 Å². The second kappa shape index (κ2) is 9.40. The zero-order valence-corrected chi connectivity index (χ0v) is 18.9. The van der Waals surface area contributed by atoms with Gasteiger partial charge in [0.25, 0.3) is 5.56 Å². The summed E-state index contributed by atoms with van der Waals surface area (Å²) in [5.41, 5.74) is 0.593. The first-order valence-corrected chi connectivity index (χ1v) is 11.7. The standard InChI is InChI=1S/C23H18F3N3O2S2/c1-2-17(19(30)27-15-10-6-9-14(11-15)23(24,25)26)33-22-28-20(31)18-16(12-32-21(18)29-22)13-7-4-3-5-8-13/h3-12,17H,2H2,1H3,(H,27,30)(H,28,29,31). The van der Waals surface area contributed by atoms with Gasteiger partial charge in [0, 0.05) is 16.6 Å². The van der Waals surface area contributed by atoms with Crippen molar-refractivity contribution >= 4 is 44.9 Å². The highest BCUT2D eigenvalue weighted by atomic mass is 32.2. The molecule has 0 saturated carbocycles. The first kappa shape index (κ1) is 23.1. The number of benzene rings is 2. The Morgan fingerprint density at radius 2 is 1.94 bits per heavy atom. The molecule has 1 atom stereocenters. The molecule has 2 N–H and O–H groups in total. The molecule has 0 aliphatic rings. The fourth-order valence-corrected chi connectivity index (χ4v) is 5.17. The van der Waals surface area contributed by atoms with E-state index in [9.17, 15) is 22.8 Å².